The van der Waals surface area contributed by atoms with Gasteiger partial charge in [0.2, 0.25) is 0 Å². The maximum absolute atomic E-state index is 10.9. The van der Waals surface area contributed by atoms with Gasteiger partial charge in [-0.25, -0.2) is 0 Å². The van der Waals surface area contributed by atoms with E-state index < -0.39 is 10.1 Å². The minimum Gasteiger partial charge on any atom is -0.353 e. The van der Waals surface area contributed by atoms with Crippen LogP contribution in [-0.4, -0.2) is 40.3 Å². The van der Waals surface area contributed by atoms with Gasteiger partial charge in [-0.2, -0.15) is 8.42 Å². The molecule has 1 unspecified atom stereocenters. The van der Waals surface area contributed by atoms with Crippen LogP contribution in [0, 0.1) is 0 Å². The van der Waals surface area contributed by atoms with Gasteiger partial charge in [-0.05, 0) is 38.5 Å². The van der Waals surface area contributed by atoms with Gasteiger partial charge >= 0.3 is 0 Å². The number of rotatable bonds is 11. The van der Waals surface area contributed by atoms with Crippen molar-refractivity contribution in [3.8, 4) is 0 Å². The Labute approximate surface area is 129 Å². The van der Waals surface area contributed by atoms with E-state index in [1.807, 2.05) is 0 Å². The fourth-order valence-electron chi connectivity index (χ4n) is 2.46. The van der Waals surface area contributed by atoms with Gasteiger partial charge in [0.25, 0.3) is 10.1 Å². The molecule has 0 saturated carbocycles. The number of hydrogen-bond acceptors (Lipinski definition) is 5. The Balaban J connectivity index is 2.28. The number of unbranched alkanes of at least 4 members (excludes halogenated alkanes) is 2. The van der Waals surface area contributed by atoms with Gasteiger partial charge in [0.05, 0.1) is 19.0 Å². The second-order valence-corrected chi connectivity index (χ2v) is 7.36. The van der Waals surface area contributed by atoms with Crippen LogP contribution in [0.5, 0.6) is 0 Å². The Morgan fingerprint density at radius 3 is 2.57 bits per heavy atom. The van der Waals surface area contributed by atoms with Crippen molar-refractivity contribution in [3.63, 3.8) is 0 Å². The number of hydrogen-bond donors (Lipinski definition) is 0. The first-order chi connectivity index (χ1) is 10.0. The van der Waals surface area contributed by atoms with Crippen LogP contribution in [0.1, 0.15) is 64.7 Å². The maximum Gasteiger partial charge on any atom is 0.264 e. The Hall–Kier alpha value is -0.170. The van der Waals surface area contributed by atoms with Gasteiger partial charge < -0.3 is 9.47 Å². The smallest absolute Gasteiger partial charge is 0.264 e. The van der Waals surface area contributed by atoms with Crippen LogP contribution < -0.4 is 0 Å². The summed E-state index contributed by atoms with van der Waals surface area (Å²) in [7, 11) is -3.34. The fourth-order valence-corrected chi connectivity index (χ4v) is 2.88. The molecule has 1 heterocycles. The lowest BCUT2D eigenvalue weighted by Crippen LogP contribution is -2.28. The minimum atomic E-state index is -3.34. The van der Waals surface area contributed by atoms with Gasteiger partial charge in [0, 0.05) is 6.61 Å². The van der Waals surface area contributed by atoms with Crippen molar-refractivity contribution < 1.29 is 22.1 Å². The summed E-state index contributed by atoms with van der Waals surface area (Å²) in [6.45, 7) is 3.20. The molecule has 0 aromatic carbocycles. The molecule has 0 N–H and O–H groups in total. The molecule has 1 rings (SSSR count). The summed E-state index contributed by atoms with van der Waals surface area (Å²) < 4.78 is 38.3. The Bertz CT molecular complexity index is 349. The molecule has 0 aliphatic carbocycles. The molecule has 1 fully saturated rings. The number of ether oxygens (including phenoxy) is 2. The zero-order chi connectivity index (χ0) is 15.6. The Kier molecular flexibility index (Phi) is 9.47. The molecule has 0 radical (unpaired) electrons. The van der Waals surface area contributed by atoms with E-state index in [0.29, 0.717) is 6.42 Å². The third-order valence-corrected chi connectivity index (χ3v) is 4.17. The Morgan fingerprint density at radius 2 is 1.95 bits per heavy atom. The van der Waals surface area contributed by atoms with E-state index in [-0.39, 0.29) is 19.0 Å². The Morgan fingerprint density at radius 1 is 1.19 bits per heavy atom. The van der Waals surface area contributed by atoms with E-state index in [1.165, 1.54) is 12.8 Å². The predicted octanol–water partition coefficient (Wildman–Crippen LogP) is 3.23. The average Bonchev–Trinajstić information content (AvgIpc) is 2.43. The second-order valence-electron chi connectivity index (χ2n) is 5.72. The monoisotopic (exact) mass is 322 g/mol. The summed E-state index contributed by atoms with van der Waals surface area (Å²) in [5.41, 5.74) is 0. The molecule has 2 atom stereocenters. The van der Waals surface area contributed by atoms with Crippen LogP contribution in [0.3, 0.4) is 0 Å². The van der Waals surface area contributed by atoms with E-state index in [4.69, 9.17) is 13.7 Å². The standard InChI is InChI=1S/C15H30O5S/c1-3-4-5-9-14(10-8-13-19-21(2,16)17)20-15-11-6-7-12-18-15/h14-15H,3-13H2,1-2H3/t14-,15?/m0/s1. The van der Waals surface area contributed by atoms with Gasteiger partial charge in [-0.3, -0.25) is 4.18 Å². The molecule has 0 spiro atoms. The molecule has 0 aromatic heterocycles. The fraction of sp³-hybridized carbons (Fsp3) is 1.00. The molecule has 21 heavy (non-hydrogen) atoms. The zero-order valence-electron chi connectivity index (χ0n) is 13.4. The van der Waals surface area contributed by atoms with Crippen LogP contribution >= 0.6 is 0 Å². The maximum atomic E-state index is 10.9. The summed E-state index contributed by atoms with van der Waals surface area (Å²) in [6, 6.07) is 0. The van der Waals surface area contributed by atoms with Gasteiger partial charge in [0.1, 0.15) is 0 Å². The highest BCUT2D eigenvalue weighted by Crippen LogP contribution is 2.20. The van der Waals surface area contributed by atoms with Crippen LogP contribution in [0.25, 0.3) is 0 Å². The van der Waals surface area contributed by atoms with Crippen LogP contribution in [0.2, 0.25) is 0 Å². The second kappa shape index (κ2) is 10.5. The summed E-state index contributed by atoms with van der Waals surface area (Å²) >= 11 is 0. The first kappa shape index (κ1) is 18.9. The van der Waals surface area contributed by atoms with Gasteiger partial charge in [0.15, 0.2) is 6.29 Å². The van der Waals surface area contributed by atoms with E-state index in [1.54, 1.807) is 0 Å². The lowest BCUT2D eigenvalue weighted by molar-refractivity contribution is -0.191. The molecule has 1 aliphatic rings. The topological polar surface area (TPSA) is 61.8 Å². The lowest BCUT2D eigenvalue weighted by atomic mass is 10.1. The van der Waals surface area contributed by atoms with E-state index >= 15 is 0 Å². The summed E-state index contributed by atoms with van der Waals surface area (Å²) in [6.07, 6.45) is 10.4. The van der Waals surface area contributed by atoms with E-state index in [0.717, 1.165) is 51.4 Å². The van der Waals surface area contributed by atoms with Crippen molar-refractivity contribution in [1.82, 2.24) is 0 Å². The normalized spacial score (nSPS) is 21.3. The van der Waals surface area contributed by atoms with E-state index in [9.17, 15) is 8.42 Å². The van der Waals surface area contributed by atoms with Crippen molar-refractivity contribution in [2.45, 2.75) is 77.1 Å². The summed E-state index contributed by atoms with van der Waals surface area (Å²) in [5.74, 6) is 0. The molecule has 1 aliphatic heterocycles. The molecule has 0 bridgehead atoms. The molecule has 6 heteroatoms. The molecular weight excluding hydrogens is 292 g/mol. The van der Waals surface area contributed by atoms with Crippen LogP contribution in [0.15, 0.2) is 0 Å². The first-order valence-electron chi connectivity index (χ1n) is 8.12. The first-order valence-corrected chi connectivity index (χ1v) is 9.94. The summed E-state index contributed by atoms with van der Waals surface area (Å²) in [4.78, 5) is 0. The highest BCUT2D eigenvalue weighted by Gasteiger charge is 2.19. The predicted molar refractivity (Wildman–Crippen MR) is 82.6 cm³/mol. The largest absolute Gasteiger partial charge is 0.353 e. The SMILES string of the molecule is CCCCC[C@@H](CCCOS(C)(=O)=O)OC1CCCCO1. The quantitative estimate of drug-likeness (QED) is 0.432. The highest BCUT2D eigenvalue weighted by molar-refractivity contribution is 7.85. The van der Waals surface area contributed by atoms with Crippen molar-refractivity contribution >= 4 is 10.1 Å². The third kappa shape index (κ3) is 10.2. The molecular formula is C15H30O5S. The highest BCUT2D eigenvalue weighted by atomic mass is 32.2. The van der Waals surface area contributed by atoms with E-state index in [2.05, 4.69) is 6.92 Å². The molecule has 126 valence electrons. The molecule has 5 nitrogen and oxygen atoms in total. The van der Waals surface area contributed by atoms with Crippen LogP contribution in [-0.2, 0) is 23.8 Å². The molecule has 0 amide bonds. The third-order valence-electron chi connectivity index (χ3n) is 3.58. The van der Waals surface area contributed by atoms with Crippen molar-refractivity contribution in [1.29, 1.82) is 0 Å². The minimum absolute atomic E-state index is 0.0822. The van der Waals surface area contributed by atoms with Gasteiger partial charge in [-0.15, -0.1) is 0 Å². The lowest BCUT2D eigenvalue weighted by Gasteiger charge is -2.28. The van der Waals surface area contributed by atoms with Gasteiger partial charge in [-0.1, -0.05) is 26.2 Å². The molecule has 1 saturated heterocycles. The van der Waals surface area contributed by atoms with Crippen LogP contribution in [0.4, 0.5) is 0 Å². The zero-order valence-corrected chi connectivity index (χ0v) is 14.2. The molecule has 0 aromatic rings. The van der Waals surface area contributed by atoms with Crippen molar-refractivity contribution in [2.24, 2.45) is 0 Å². The van der Waals surface area contributed by atoms with Crippen molar-refractivity contribution in [2.75, 3.05) is 19.5 Å². The average molecular weight is 322 g/mol. The summed E-state index contributed by atoms with van der Waals surface area (Å²) in [5, 5.41) is 0. The van der Waals surface area contributed by atoms with Crippen molar-refractivity contribution in [3.05, 3.63) is 0 Å².